The number of hydrogen-bond acceptors (Lipinski definition) is 12. The summed E-state index contributed by atoms with van der Waals surface area (Å²) >= 11 is 0. The van der Waals surface area contributed by atoms with Crippen LogP contribution in [0.2, 0.25) is 0 Å². The van der Waals surface area contributed by atoms with Crippen LogP contribution in [0.15, 0.2) is 200 Å². The molecular formula is C74H82O12. The standard InChI is InChI=1S/C28H34O4.2C23H24O4/c1-4-6-7-10-21-31-25-17-13-23(14-18-25)11-8-9-12-27(29)28(30)32-26-19-15-24(16-20-26)22(3)5-2;1-4-17(2)19-12-14-20(15-13-19)27-23(25)22(24)11-6-5-8-18-9-7-10-21(16-18)26-3;1-4-17(2)19-11-15-21(16-12-19)27-23(25)22(24)8-6-5-7-18-9-13-20(26-3)14-10-18/h8-9,11-20,22H,4-7,10,21H2,1-3H3;2*5-17H,4H2,1-3H3/b11-8+,12-9+;8-5+,11-6+;7-5+,8-6+. The summed E-state index contributed by atoms with van der Waals surface area (Å²) in [5.74, 6) is -0.0336. The molecule has 0 aromatic heterocycles. The molecule has 0 saturated carbocycles. The zero-order valence-corrected chi connectivity index (χ0v) is 51.1. The van der Waals surface area contributed by atoms with Gasteiger partial charge in [-0.15, -0.1) is 0 Å². The zero-order chi connectivity index (χ0) is 62.5. The summed E-state index contributed by atoms with van der Waals surface area (Å²) in [6.45, 7) is 15.7. The van der Waals surface area contributed by atoms with Crippen LogP contribution in [0, 0.1) is 0 Å². The van der Waals surface area contributed by atoms with Gasteiger partial charge in [-0.2, -0.15) is 0 Å². The van der Waals surface area contributed by atoms with Gasteiger partial charge in [-0.3, -0.25) is 14.4 Å². The largest absolute Gasteiger partial charge is 0.497 e. The van der Waals surface area contributed by atoms with Gasteiger partial charge in [0.2, 0.25) is 0 Å². The molecule has 0 aliphatic carbocycles. The molecule has 450 valence electrons. The monoisotopic (exact) mass is 1160 g/mol. The van der Waals surface area contributed by atoms with Crippen LogP contribution in [0.5, 0.6) is 34.5 Å². The van der Waals surface area contributed by atoms with E-state index in [0.717, 1.165) is 66.2 Å². The lowest BCUT2D eigenvalue weighted by Gasteiger charge is -2.09. The number of rotatable bonds is 29. The molecule has 0 fully saturated rings. The van der Waals surface area contributed by atoms with E-state index in [2.05, 4.69) is 48.5 Å². The molecule has 0 aliphatic heterocycles. The van der Waals surface area contributed by atoms with Crippen molar-refractivity contribution in [3.05, 3.63) is 234 Å². The lowest BCUT2D eigenvalue weighted by atomic mass is 9.99. The van der Waals surface area contributed by atoms with E-state index in [1.807, 2.05) is 127 Å². The number of benzene rings is 6. The highest BCUT2D eigenvalue weighted by atomic mass is 16.5. The van der Waals surface area contributed by atoms with Crippen LogP contribution in [0.1, 0.15) is 145 Å². The van der Waals surface area contributed by atoms with E-state index >= 15 is 0 Å². The Labute approximate surface area is 508 Å². The molecule has 3 atom stereocenters. The average molecular weight is 1160 g/mol. The van der Waals surface area contributed by atoms with Crippen molar-refractivity contribution < 1.29 is 57.2 Å². The van der Waals surface area contributed by atoms with E-state index < -0.39 is 35.3 Å². The molecule has 0 radical (unpaired) electrons. The third-order valence-corrected chi connectivity index (χ3v) is 13.7. The summed E-state index contributed by atoms with van der Waals surface area (Å²) in [4.78, 5) is 71.4. The molecule has 6 aromatic carbocycles. The second kappa shape index (κ2) is 39.2. The van der Waals surface area contributed by atoms with Gasteiger partial charge in [0.1, 0.15) is 34.5 Å². The van der Waals surface area contributed by atoms with Crippen molar-refractivity contribution in [2.24, 2.45) is 0 Å². The number of unbranched alkanes of at least 4 members (excludes halogenated alkanes) is 3. The van der Waals surface area contributed by atoms with Crippen LogP contribution in [0.3, 0.4) is 0 Å². The molecule has 86 heavy (non-hydrogen) atoms. The molecule has 0 heterocycles. The van der Waals surface area contributed by atoms with Gasteiger partial charge in [0.25, 0.3) is 17.3 Å². The third kappa shape index (κ3) is 26.0. The minimum atomic E-state index is -0.905. The maximum atomic E-state index is 12.0. The number of carbonyl (C=O) groups is 6. The molecule has 0 bridgehead atoms. The van der Waals surface area contributed by atoms with E-state index in [1.165, 1.54) is 72.4 Å². The summed E-state index contributed by atoms with van der Waals surface area (Å²) in [6, 6.07) is 44.5. The highest BCUT2D eigenvalue weighted by Gasteiger charge is 2.16. The summed E-state index contributed by atoms with van der Waals surface area (Å²) in [7, 11) is 3.21. The fourth-order valence-corrected chi connectivity index (χ4v) is 7.76. The summed E-state index contributed by atoms with van der Waals surface area (Å²) in [5.41, 5.74) is 6.38. The normalized spacial score (nSPS) is 12.2. The van der Waals surface area contributed by atoms with Crippen LogP contribution >= 0.6 is 0 Å². The number of hydrogen-bond donors (Lipinski definition) is 0. The number of carbonyl (C=O) groups excluding carboxylic acids is 6. The Morgan fingerprint density at radius 1 is 0.372 bits per heavy atom. The van der Waals surface area contributed by atoms with E-state index in [1.54, 1.807) is 68.8 Å². The predicted octanol–water partition coefficient (Wildman–Crippen LogP) is 16.8. The first-order valence-corrected chi connectivity index (χ1v) is 29.2. The number of methoxy groups -OCH3 is 2. The topological polar surface area (TPSA) is 158 Å². The molecule has 12 nitrogen and oxygen atoms in total. The fourth-order valence-electron chi connectivity index (χ4n) is 7.76. The van der Waals surface area contributed by atoms with Gasteiger partial charge in [-0.1, -0.05) is 195 Å². The Bertz CT molecular complexity index is 3230. The molecule has 0 aliphatic rings. The minimum absolute atomic E-state index is 0.362. The van der Waals surface area contributed by atoms with Gasteiger partial charge in [0, 0.05) is 0 Å². The molecule has 3 unspecified atom stereocenters. The smallest absolute Gasteiger partial charge is 0.384 e. The second-order valence-electron chi connectivity index (χ2n) is 20.1. The van der Waals surface area contributed by atoms with E-state index in [9.17, 15) is 28.8 Å². The van der Waals surface area contributed by atoms with Gasteiger partial charge in [0.05, 0.1) is 20.8 Å². The van der Waals surface area contributed by atoms with Crippen molar-refractivity contribution in [1.29, 1.82) is 0 Å². The lowest BCUT2D eigenvalue weighted by molar-refractivity contribution is -0.144. The van der Waals surface area contributed by atoms with Gasteiger partial charge in [-0.05, 0) is 168 Å². The highest BCUT2D eigenvalue weighted by Crippen LogP contribution is 2.25. The van der Waals surface area contributed by atoms with Crippen molar-refractivity contribution in [1.82, 2.24) is 0 Å². The molecular weight excluding hydrogens is 1080 g/mol. The zero-order valence-electron chi connectivity index (χ0n) is 51.1. The highest BCUT2D eigenvalue weighted by molar-refractivity contribution is 6.39. The average Bonchev–Trinajstić information content (AvgIpc) is 3.74. The minimum Gasteiger partial charge on any atom is -0.497 e. The maximum Gasteiger partial charge on any atom is 0.384 e. The SMILES string of the molecule is CCC(C)c1ccc(OC(=O)C(=O)/C=C/C=C/c2ccc(OC)cc2)cc1.CCC(C)c1ccc(OC(=O)C(=O)/C=C/C=C/c2cccc(OC)c2)cc1.CCCCCCOc1ccc(/C=C/C=C/C(=O)C(=O)Oc2ccc(C(C)CC)cc2)cc1. The van der Waals surface area contributed by atoms with Crippen molar-refractivity contribution in [3.63, 3.8) is 0 Å². The third-order valence-electron chi connectivity index (χ3n) is 13.7. The Kier molecular flexibility index (Phi) is 31.5. The molecule has 0 amide bonds. The lowest BCUT2D eigenvalue weighted by Crippen LogP contribution is -2.18. The molecule has 12 heteroatoms. The van der Waals surface area contributed by atoms with Gasteiger partial charge in [-0.25, -0.2) is 14.4 Å². The first-order valence-electron chi connectivity index (χ1n) is 29.2. The number of ether oxygens (including phenoxy) is 6. The van der Waals surface area contributed by atoms with Gasteiger partial charge < -0.3 is 28.4 Å². The summed E-state index contributed by atoms with van der Waals surface area (Å²) in [6.07, 6.45) is 26.5. The van der Waals surface area contributed by atoms with Crippen molar-refractivity contribution in [2.75, 3.05) is 20.8 Å². The van der Waals surface area contributed by atoms with Gasteiger partial charge in [0.15, 0.2) is 0 Å². The first kappa shape index (κ1) is 69.1. The van der Waals surface area contributed by atoms with E-state index in [-0.39, 0.29) is 0 Å². The van der Waals surface area contributed by atoms with E-state index in [4.69, 9.17) is 28.4 Å². The second-order valence-corrected chi connectivity index (χ2v) is 20.1. The first-order chi connectivity index (χ1) is 41.6. The van der Waals surface area contributed by atoms with Crippen LogP contribution in [0.4, 0.5) is 0 Å². The van der Waals surface area contributed by atoms with Crippen molar-refractivity contribution in [3.8, 4) is 34.5 Å². The molecule has 0 saturated heterocycles. The summed E-state index contributed by atoms with van der Waals surface area (Å²) in [5, 5.41) is 0. The maximum absolute atomic E-state index is 12.0. The molecule has 6 rings (SSSR count). The fraction of sp³-hybridized carbons (Fsp3) is 0.270. The van der Waals surface area contributed by atoms with Crippen LogP contribution in [-0.4, -0.2) is 56.1 Å². The van der Waals surface area contributed by atoms with Crippen LogP contribution < -0.4 is 28.4 Å². The van der Waals surface area contributed by atoms with Crippen molar-refractivity contribution in [2.45, 2.75) is 111 Å². The van der Waals surface area contributed by atoms with Crippen LogP contribution in [0.25, 0.3) is 18.2 Å². The molecule has 6 aromatic rings. The number of esters is 3. The Morgan fingerprint density at radius 2 is 0.721 bits per heavy atom. The quantitative estimate of drug-likeness (QED) is 0.0109. The predicted molar refractivity (Wildman–Crippen MR) is 344 cm³/mol. The van der Waals surface area contributed by atoms with Crippen molar-refractivity contribution >= 4 is 53.5 Å². The van der Waals surface area contributed by atoms with Gasteiger partial charge >= 0.3 is 17.9 Å². The number of ketones is 3. The van der Waals surface area contributed by atoms with Crippen LogP contribution in [-0.2, 0) is 28.8 Å². The molecule has 0 N–H and O–H groups in total. The number of allylic oxidation sites excluding steroid dienone is 6. The Balaban J connectivity index is 0.000000278. The van der Waals surface area contributed by atoms with E-state index in [0.29, 0.717) is 35.0 Å². The molecule has 0 spiro atoms. The summed E-state index contributed by atoms with van der Waals surface area (Å²) < 4.78 is 31.3. The Hall–Kier alpha value is -9.42. The Morgan fingerprint density at radius 3 is 1.07 bits per heavy atom.